The summed E-state index contributed by atoms with van der Waals surface area (Å²) in [5, 5.41) is 2.94. The molecule has 108 valence electrons. The SMILES string of the molecule is CCC(CN)C(=O)NCCCn1cnc2ccccc21. The number of carbonyl (C=O) groups is 1. The minimum atomic E-state index is -0.0657. The largest absolute Gasteiger partial charge is 0.356 e. The lowest BCUT2D eigenvalue weighted by Crippen LogP contribution is -2.35. The number of carbonyl (C=O) groups excluding carboxylic acids is 1. The number of aromatic nitrogens is 2. The number of rotatable bonds is 7. The van der Waals surface area contributed by atoms with E-state index in [0.717, 1.165) is 30.4 Å². The molecule has 0 aliphatic rings. The number of nitrogens with zero attached hydrogens (tertiary/aromatic N) is 2. The van der Waals surface area contributed by atoms with Crippen molar-refractivity contribution < 1.29 is 4.79 Å². The highest BCUT2D eigenvalue weighted by atomic mass is 16.1. The fourth-order valence-corrected chi connectivity index (χ4v) is 2.25. The molecule has 1 atom stereocenters. The summed E-state index contributed by atoms with van der Waals surface area (Å²) in [6, 6.07) is 8.05. The number of nitrogens with one attached hydrogen (secondary N) is 1. The molecule has 1 aromatic heterocycles. The molecule has 5 heteroatoms. The molecule has 0 radical (unpaired) electrons. The normalized spacial score (nSPS) is 12.5. The first-order valence-electron chi connectivity index (χ1n) is 7.14. The van der Waals surface area contributed by atoms with E-state index in [-0.39, 0.29) is 11.8 Å². The molecular weight excluding hydrogens is 252 g/mol. The van der Waals surface area contributed by atoms with Gasteiger partial charge in [0.25, 0.3) is 0 Å². The van der Waals surface area contributed by atoms with E-state index in [1.165, 1.54) is 0 Å². The lowest BCUT2D eigenvalue weighted by molar-refractivity contribution is -0.124. The summed E-state index contributed by atoms with van der Waals surface area (Å²) in [5.41, 5.74) is 7.69. The fraction of sp³-hybridized carbons (Fsp3) is 0.467. The van der Waals surface area contributed by atoms with Gasteiger partial charge in [-0.3, -0.25) is 4.79 Å². The second-order valence-electron chi connectivity index (χ2n) is 4.91. The van der Waals surface area contributed by atoms with Crippen LogP contribution in [0.4, 0.5) is 0 Å². The highest BCUT2D eigenvalue weighted by Gasteiger charge is 2.13. The molecular formula is C15H22N4O. The topological polar surface area (TPSA) is 72.9 Å². The van der Waals surface area contributed by atoms with Crippen LogP contribution in [0.2, 0.25) is 0 Å². The molecule has 0 saturated carbocycles. The first-order valence-corrected chi connectivity index (χ1v) is 7.14. The van der Waals surface area contributed by atoms with Crippen LogP contribution in [0.1, 0.15) is 19.8 Å². The van der Waals surface area contributed by atoms with Crippen molar-refractivity contribution in [2.75, 3.05) is 13.1 Å². The average molecular weight is 274 g/mol. The second kappa shape index (κ2) is 7.05. The number of imidazole rings is 1. The molecule has 1 heterocycles. The van der Waals surface area contributed by atoms with E-state index in [0.29, 0.717) is 13.1 Å². The van der Waals surface area contributed by atoms with Crippen molar-refractivity contribution in [3.8, 4) is 0 Å². The third kappa shape index (κ3) is 3.36. The van der Waals surface area contributed by atoms with Crippen LogP contribution < -0.4 is 11.1 Å². The maximum Gasteiger partial charge on any atom is 0.224 e. The van der Waals surface area contributed by atoms with Gasteiger partial charge in [0.05, 0.1) is 17.4 Å². The van der Waals surface area contributed by atoms with Crippen LogP contribution in [0.15, 0.2) is 30.6 Å². The van der Waals surface area contributed by atoms with E-state index in [9.17, 15) is 4.79 Å². The Morgan fingerprint density at radius 3 is 3.00 bits per heavy atom. The van der Waals surface area contributed by atoms with E-state index >= 15 is 0 Å². The number of para-hydroxylation sites is 2. The molecule has 2 rings (SSSR count). The van der Waals surface area contributed by atoms with Crippen molar-refractivity contribution in [3.63, 3.8) is 0 Å². The molecule has 20 heavy (non-hydrogen) atoms. The molecule has 1 unspecified atom stereocenters. The second-order valence-corrected chi connectivity index (χ2v) is 4.91. The van der Waals surface area contributed by atoms with Crippen molar-refractivity contribution in [2.45, 2.75) is 26.3 Å². The van der Waals surface area contributed by atoms with E-state index in [1.54, 1.807) is 0 Å². The van der Waals surface area contributed by atoms with Crippen molar-refractivity contribution in [3.05, 3.63) is 30.6 Å². The van der Waals surface area contributed by atoms with E-state index < -0.39 is 0 Å². The monoisotopic (exact) mass is 274 g/mol. The lowest BCUT2D eigenvalue weighted by atomic mass is 10.1. The van der Waals surface area contributed by atoms with Gasteiger partial charge in [-0.1, -0.05) is 19.1 Å². The van der Waals surface area contributed by atoms with Crippen LogP contribution in [0, 0.1) is 5.92 Å². The summed E-state index contributed by atoms with van der Waals surface area (Å²) in [5.74, 6) is -0.00503. The van der Waals surface area contributed by atoms with Crippen LogP contribution in [0.3, 0.4) is 0 Å². The van der Waals surface area contributed by atoms with Gasteiger partial charge in [-0.15, -0.1) is 0 Å². The van der Waals surface area contributed by atoms with Crippen molar-refractivity contribution >= 4 is 16.9 Å². The van der Waals surface area contributed by atoms with Gasteiger partial charge in [0.2, 0.25) is 5.91 Å². The van der Waals surface area contributed by atoms with Gasteiger partial charge in [0, 0.05) is 25.6 Å². The number of hydrogen-bond donors (Lipinski definition) is 2. The highest BCUT2D eigenvalue weighted by molar-refractivity contribution is 5.78. The number of amides is 1. The van der Waals surface area contributed by atoms with Gasteiger partial charge in [-0.05, 0) is 25.0 Å². The standard InChI is InChI=1S/C15H22N4O/c1-2-12(10-16)15(20)17-8-5-9-19-11-18-13-6-3-4-7-14(13)19/h3-4,6-7,11-12H,2,5,8-10,16H2,1H3,(H,17,20). The van der Waals surface area contributed by atoms with E-state index in [4.69, 9.17) is 5.73 Å². The van der Waals surface area contributed by atoms with Gasteiger partial charge in [-0.25, -0.2) is 4.98 Å². The number of aryl methyl sites for hydroxylation is 1. The Morgan fingerprint density at radius 1 is 1.45 bits per heavy atom. The number of nitrogens with two attached hydrogens (primary N) is 1. The molecule has 3 N–H and O–H groups in total. The lowest BCUT2D eigenvalue weighted by Gasteiger charge is -2.12. The van der Waals surface area contributed by atoms with Crippen LogP contribution in [0.5, 0.6) is 0 Å². The smallest absolute Gasteiger partial charge is 0.224 e. The predicted octanol–water partition coefficient (Wildman–Crippen LogP) is 1.53. The van der Waals surface area contributed by atoms with Crippen molar-refractivity contribution in [1.82, 2.24) is 14.9 Å². The van der Waals surface area contributed by atoms with Crippen LogP contribution in [-0.4, -0.2) is 28.5 Å². The molecule has 0 bridgehead atoms. The first-order chi connectivity index (χ1) is 9.76. The molecule has 5 nitrogen and oxygen atoms in total. The third-order valence-electron chi connectivity index (χ3n) is 3.55. The maximum absolute atomic E-state index is 11.8. The molecule has 2 aromatic rings. The average Bonchev–Trinajstić information content (AvgIpc) is 2.88. The van der Waals surface area contributed by atoms with Gasteiger partial charge in [0.1, 0.15) is 0 Å². The Balaban J connectivity index is 1.80. The Kier molecular flexibility index (Phi) is 5.12. The molecule has 0 aliphatic heterocycles. The zero-order chi connectivity index (χ0) is 14.4. The van der Waals surface area contributed by atoms with Crippen molar-refractivity contribution in [2.24, 2.45) is 11.7 Å². The zero-order valence-electron chi connectivity index (χ0n) is 11.9. The van der Waals surface area contributed by atoms with Gasteiger partial charge in [-0.2, -0.15) is 0 Å². The predicted molar refractivity (Wildman–Crippen MR) is 80.2 cm³/mol. The summed E-state index contributed by atoms with van der Waals surface area (Å²) >= 11 is 0. The van der Waals surface area contributed by atoms with Crippen LogP contribution in [-0.2, 0) is 11.3 Å². The Bertz CT molecular complexity index is 560. The third-order valence-corrected chi connectivity index (χ3v) is 3.55. The summed E-state index contributed by atoms with van der Waals surface area (Å²) in [7, 11) is 0. The highest BCUT2D eigenvalue weighted by Crippen LogP contribution is 2.11. The minimum Gasteiger partial charge on any atom is -0.356 e. The van der Waals surface area contributed by atoms with Gasteiger partial charge < -0.3 is 15.6 Å². The Labute approximate surface area is 119 Å². The number of hydrogen-bond acceptors (Lipinski definition) is 3. The minimum absolute atomic E-state index is 0.0606. The summed E-state index contributed by atoms with van der Waals surface area (Å²) in [6.45, 7) is 3.91. The molecule has 1 aromatic carbocycles. The Morgan fingerprint density at radius 2 is 2.25 bits per heavy atom. The van der Waals surface area contributed by atoms with Crippen molar-refractivity contribution in [1.29, 1.82) is 0 Å². The summed E-state index contributed by atoms with van der Waals surface area (Å²) in [6.07, 6.45) is 3.52. The number of fused-ring (bicyclic) bond motifs is 1. The van der Waals surface area contributed by atoms with Crippen LogP contribution >= 0.6 is 0 Å². The quantitative estimate of drug-likeness (QED) is 0.752. The molecule has 0 saturated heterocycles. The fourth-order valence-electron chi connectivity index (χ4n) is 2.25. The van der Waals surface area contributed by atoms with Crippen LogP contribution in [0.25, 0.3) is 11.0 Å². The molecule has 0 spiro atoms. The van der Waals surface area contributed by atoms with E-state index in [2.05, 4.69) is 20.9 Å². The molecule has 0 aliphatic carbocycles. The number of benzene rings is 1. The Hall–Kier alpha value is -1.88. The summed E-state index contributed by atoms with van der Waals surface area (Å²) < 4.78 is 2.11. The zero-order valence-corrected chi connectivity index (χ0v) is 11.9. The maximum atomic E-state index is 11.8. The first kappa shape index (κ1) is 14.5. The van der Waals surface area contributed by atoms with Gasteiger partial charge in [0.15, 0.2) is 0 Å². The van der Waals surface area contributed by atoms with Gasteiger partial charge >= 0.3 is 0 Å². The summed E-state index contributed by atoms with van der Waals surface area (Å²) in [4.78, 5) is 16.1. The molecule has 1 amide bonds. The van der Waals surface area contributed by atoms with E-state index in [1.807, 2.05) is 31.5 Å². The molecule has 0 fully saturated rings.